The third-order valence-corrected chi connectivity index (χ3v) is 4.92. The summed E-state index contributed by atoms with van der Waals surface area (Å²) in [4.78, 5) is 1.38. The highest BCUT2D eigenvalue weighted by atomic mass is 32.2. The average molecular weight is 263 g/mol. The Hall–Kier alpha value is -0.470. The third-order valence-electron chi connectivity index (χ3n) is 3.91. The van der Waals surface area contributed by atoms with E-state index in [4.69, 9.17) is 0 Å². The van der Waals surface area contributed by atoms with Crippen LogP contribution in [0.2, 0.25) is 0 Å². The first-order chi connectivity index (χ1) is 8.88. The molecule has 2 unspecified atom stereocenters. The van der Waals surface area contributed by atoms with Gasteiger partial charge in [0.2, 0.25) is 0 Å². The van der Waals surface area contributed by atoms with Crippen LogP contribution in [0, 0.1) is 5.92 Å². The fraction of sp³-hybridized carbons (Fsp3) is 0.625. The molecular weight excluding hydrogens is 238 g/mol. The van der Waals surface area contributed by atoms with Gasteiger partial charge >= 0.3 is 0 Å². The van der Waals surface area contributed by atoms with E-state index in [-0.39, 0.29) is 0 Å². The van der Waals surface area contributed by atoms with Crippen LogP contribution in [-0.4, -0.2) is 18.3 Å². The van der Waals surface area contributed by atoms with Crippen LogP contribution in [0.1, 0.15) is 39.0 Å². The van der Waals surface area contributed by atoms with Gasteiger partial charge in [0.25, 0.3) is 0 Å². The van der Waals surface area contributed by atoms with E-state index in [1.165, 1.54) is 42.8 Å². The van der Waals surface area contributed by atoms with E-state index in [9.17, 15) is 0 Å². The van der Waals surface area contributed by atoms with E-state index < -0.39 is 0 Å². The maximum atomic E-state index is 3.74. The molecule has 1 N–H and O–H groups in total. The minimum Gasteiger partial charge on any atom is -0.313 e. The van der Waals surface area contributed by atoms with Gasteiger partial charge in [-0.2, -0.15) is 0 Å². The fourth-order valence-corrected chi connectivity index (χ4v) is 3.60. The van der Waals surface area contributed by atoms with Gasteiger partial charge in [0.1, 0.15) is 0 Å². The zero-order valence-corrected chi connectivity index (χ0v) is 12.2. The van der Waals surface area contributed by atoms with Crippen LogP contribution >= 0.6 is 11.8 Å². The third kappa shape index (κ3) is 4.66. The van der Waals surface area contributed by atoms with Crippen molar-refractivity contribution in [3.8, 4) is 0 Å². The molecular formula is C16H25NS. The van der Waals surface area contributed by atoms with E-state index >= 15 is 0 Å². The Balaban J connectivity index is 1.60. The van der Waals surface area contributed by atoms with Crippen molar-refractivity contribution in [1.29, 1.82) is 0 Å². The van der Waals surface area contributed by atoms with Crippen LogP contribution in [-0.2, 0) is 0 Å². The van der Waals surface area contributed by atoms with Gasteiger partial charge in [-0.3, -0.25) is 0 Å². The molecule has 2 heteroatoms. The Bertz CT molecular complexity index is 325. The Morgan fingerprint density at radius 3 is 2.83 bits per heavy atom. The summed E-state index contributed by atoms with van der Waals surface area (Å²) in [6.45, 7) is 3.47. The SMILES string of the molecule is CCC1CCCC(NCCSc2ccccc2)C1. The number of hydrogen-bond donors (Lipinski definition) is 1. The molecule has 100 valence electrons. The number of hydrogen-bond acceptors (Lipinski definition) is 2. The molecule has 2 rings (SSSR count). The van der Waals surface area contributed by atoms with E-state index in [1.807, 2.05) is 11.8 Å². The fourth-order valence-electron chi connectivity index (χ4n) is 2.80. The van der Waals surface area contributed by atoms with Crippen LogP contribution < -0.4 is 5.32 Å². The molecule has 1 nitrogen and oxygen atoms in total. The van der Waals surface area contributed by atoms with Gasteiger partial charge in [-0.1, -0.05) is 44.4 Å². The van der Waals surface area contributed by atoms with Gasteiger partial charge in [0.05, 0.1) is 0 Å². The molecule has 2 atom stereocenters. The quantitative estimate of drug-likeness (QED) is 0.605. The summed E-state index contributed by atoms with van der Waals surface area (Å²) in [7, 11) is 0. The molecule has 0 saturated heterocycles. The molecule has 0 radical (unpaired) electrons. The van der Waals surface area contributed by atoms with Crippen LogP contribution in [0.3, 0.4) is 0 Å². The molecule has 1 aromatic carbocycles. The normalized spacial score (nSPS) is 24.1. The lowest BCUT2D eigenvalue weighted by Crippen LogP contribution is -2.35. The second-order valence-corrected chi connectivity index (χ2v) is 6.42. The van der Waals surface area contributed by atoms with E-state index in [0.717, 1.165) is 18.5 Å². The molecule has 0 heterocycles. The first-order valence-electron chi connectivity index (χ1n) is 7.29. The lowest BCUT2D eigenvalue weighted by Gasteiger charge is -2.29. The Labute approximate surface area is 116 Å². The van der Waals surface area contributed by atoms with Gasteiger partial charge in [0, 0.05) is 23.2 Å². The van der Waals surface area contributed by atoms with Crippen molar-refractivity contribution in [3.05, 3.63) is 30.3 Å². The van der Waals surface area contributed by atoms with E-state index in [1.54, 1.807) is 0 Å². The van der Waals surface area contributed by atoms with Crippen molar-refractivity contribution in [2.75, 3.05) is 12.3 Å². The van der Waals surface area contributed by atoms with Crippen LogP contribution in [0.15, 0.2) is 35.2 Å². The monoisotopic (exact) mass is 263 g/mol. The summed E-state index contributed by atoms with van der Waals surface area (Å²) in [5, 5.41) is 3.74. The van der Waals surface area contributed by atoms with Gasteiger partial charge < -0.3 is 5.32 Å². The first kappa shape index (κ1) is 14.0. The Morgan fingerprint density at radius 2 is 2.06 bits per heavy atom. The average Bonchev–Trinajstić information content (AvgIpc) is 2.45. The first-order valence-corrected chi connectivity index (χ1v) is 8.28. The molecule has 1 saturated carbocycles. The van der Waals surface area contributed by atoms with E-state index in [0.29, 0.717) is 0 Å². The summed E-state index contributed by atoms with van der Waals surface area (Å²) in [5.41, 5.74) is 0. The van der Waals surface area contributed by atoms with Crippen molar-refractivity contribution in [2.45, 2.75) is 50.0 Å². The van der Waals surface area contributed by atoms with Gasteiger partial charge in [-0.25, -0.2) is 0 Å². The van der Waals surface area contributed by atoms with Crippen LogP contribution in [0.5, 0.6) is 0 Å². The minimum absolute atomic E-state index is 0.778. The molecule has 0 spiro atoms. The highest BCUT2D eigenvalue weighted by Crippen LogP contribution is 2.26. The lowest BCUT2D eigenvalue weighted by molar-refractivity contribution is 0.283. The smallest absolute Gasteiger partial charge is 0.0106 e. The summed E-state index contributed by atoms with van der Waals surface area (Å²) >= 11 is 1.95. The topological polar surface area (TPSA) is 12.0 Å². The Morgan fingerprint density at radius 1 is 1.22 bits per heavy atom. The van der Waals surface area contributed by atoms with Crippen LogP contribution in [0.25, 0.3) is 0 Å². The number of nitrogens with one attached hydrogen (secondary N) is 1. The highest BCUT2D eigenvalue weighted by Gasteiger charge is 2.19. The van der Waals surface area contributed by atoms with Crippen molar-refractivity contribution >= 4 is 11.8 Å². The second-order valence-electron chi connectivity index (χ2n) is 5.25. The Kier molecular flexibility index (Phi) is 6.09. The van der Waals surface area contributed by atoms with Crippen molar-refractivity contribution in [1.82, 2.24) is 5.32 Å². The molecule has 18 heavy (non-hydrogen) atoms. The highest BCUT2D eigenvalue weighted by molar-refractivity contribution is 7.99. The number of rotatable bonds is 6. The predicted octanol–water partition coefficient (Wildman–Crippen LogP) is 4.34. The minimum atomic E-state index is 0.778. The molecule has 0 aliphatic heterocycles. The lowest BCUT2D eigenvalue weighted by atomic mass is 9.84. The van der Waals surface area contributed by atoms with Gasteiger partial charge in [-0.05, 0) is 30.9 Å². The largest absolute Gasteiger partial charge is 0.313 e. The van der Waals surface area contributed by atoms with Crippen LogP contribution in [0.4, 0.5) is 0 Å². The van der Waals surface area contributed by atoms with Crippen molar-refractivity contribution in [3.63, 3.8) is 0 Å². The maximum absolute atomic E-state index is 3.74. The second kappa shape index (κ2) is 7.85. The molecule has 1 aliphatic rings. The number of benzene rings is 1. The standard InChI is InChI=1S/C16H25NS/c1-2-14-7-6-8-15(13-14)17-11-12-18-16-9-4-3-5-10-16/h3-5,9-10,14-15,17H,2,6-8,11-13H2,1H3. The molecule has 0 amide bonds. The molecule has 0 bridgehead atoms. The zero-order chi connectivity index (χ0) is 12.6. The summed E-state index contributed by atoms with van der Waals surface area (Å²) in [6, 6.07) is 11.5. The molecule has 1 fully saturated rings. The van der Waals surface area contributed by atoms with Gasteiger partial charge in [0.15, 0.2) is 0 Å². The maximum Gasteiger partial charge on any atom is 0.0106 e. The van der Waals surface area contributed by atoms with Crippen molar-refractivity contribution < 1.29 is 0 Å². The van der Waals surface area contributed by atoms with Gasteiger partial charge in [-0.15, -0.1) is 11.8 Å². The summed E-state index contributed by atoms with van der Waals surface area (Å²) < 4.78 is 0. The van der Waals surface area contributed by atoms with Crippen molar-refractivity contribution in [2.24, 2.45) is 5.92 Å². The molecule has 1 aromatic rings. The summed E-state index contributed by atoms with van der Waals surface area (Å²) in [5.74, 6) is 2.15. The molecule has 0 aromatic heterocycles. The predicted molar refractivity (Wildman–Crippen MR) is 81.2 cm³/mol. The summed E-state index contributed by atoms with van der Waals surface area (Å²) in [6.07, 6.45) is 7.01. The number of thioether (sulfide) groups is 1. The molecule has 1 aliphatic carbocycles. The van der Waals surface area contributed by atoms with E-state index in [2.05, 4.69) is 42.6 Å². The zero-order valence-electron chi connectivity index (χ0n) is 11.4.